The van der Waals surface area contributed by atoms with E-state index in [0.717, 1.165) is 18.8 Å². The zero-order valence-electron chi connectivity index (χ0n) is 22.4. The maximum absolute atomic E-state index is 14.7. The summed E-state index contributed by atoms with van der Waals surface area (Å²) in [4.78, 5) is 24.7. The fourth-order valence-electron chi connectivity index (χ4n) is 5.46. The largest absolute Gasteiger partial charge is 0.462 e. The van der Waals surface area contributed by atoms with E-state index in [0.29, 0.717) is 22.7 Å². The second-order valence-corrected chi connectivity index (χ2v) is 13.1. The van der Waals surface area contributed by atoms with Crippen LogP contribution < -0.4 is 20.3 Å². The topological polar surface area (TPSA) is 131 Å². The number of hydrogen-bond donors (Lipinski definition) is 2. The lowest BCUT2D eigenvalue weighted by atomic mass is 10.0. The van der Waals surface area contributed by atoms with Crippen LogP contribution >= 0.6 is 0 Å². The molecule has 2 N–H and O–H groups in total. The number of nitrogens with one attached hydrogen (secondary N) is 2. The highest BCUT2D eigenvalue weighted by Crippen LogP contribution is 2.32. The van der Waals surface area contributed by atoms with E-state index in [1.54, 1.807) is 31.6 Å². The summed E-state index contributed by atoms with van der Waals surface area (Å²) in [6, 6.07) is 6.96. The monoisotopic (exact) mass is 567 g/mol. The van der Waals surface area contributed by atoms with Gasteiger partial charge in [-0.1, -0.05) is 0 Å². The van der Waals surface area contributed by atoms with E-state index in [2.05, 4.69) is 44.4 Å². The Morgan fingerprint density at radius 1 is 1.20 bits per heavy atom. The maximum atomic E-state index is 14.7. The molecule has 0 aliphatic carbocycles. The van der Waals surface area contributed by atoms with Crippen LogP contribution in [0, 0.1) is 5.82 Å². The lowest BCUT2D eigenvalue weighted by Gasteiger charge is -2.38. The third-order valence-electron chi connectivity index (χ3n) is 7.41. The molecule has 11 nitrogen and oxygen atoms in total. The van der Waals surface area contributed by atoms with Gasteiger partial charge in [-0.3, -0.25) is 9.48 Å². The Bertz CT molecular complexity index is 1730. The van der Waals surface area contributed by atoms with Gasteiger partial charge in [0.2, 0.25) is 0 Å². The van der Waals surface area contributed by atoms with E-state index >= 15 is 0 Å². The molecule has 210 valence electrons. The van der Waals surface area contributed by atoms with Crippen molar-refractivity contribution in [1.29, 1.82) is 0 Å². The first-order valence-electron chi connectivity index (χ1n) is 13.2. The number of rotatable bonds is 6. The number of amides is 1. The number of benzene rings is 2. The van der Waals surface area contributed by atoms with Gasteiger partial charge >= 0.3 is 6.01 Å². The highest BCUT2D eigenvalue weighted by molar-refractivity contribution is 7.93. The number of hydrogen-bond acceptors (Lipinski definition) is 9. The third-order valence-corrected chi connectivity index (χ3v) is 9.61. The van der Waals surface area contributed by atoms with E-state index in [1.165, 1.54) is 10.7 Å². The molecular weight excluding hydrogens is 537 g/mol. The smallest absolute Gasteiger partial charge is 0.316 e. The summed E-state index contributed by atoms with van der Waals surface area (Å²) in [7, 11) is -1.44. The second-order valence-electron chi connectivity index (χ2n) is 10.7. The normalized spacial score (nSPS) is 22.3. The summed E-state index contributed by atoms with van der Waals surface area (Å²) >= 11 is 0. The van der Waals surface area contributed by atoms with Crippen LogP contribution in [0.15, 0.2) is 36.7 Å². The molecule has 2 aliphatic rings. The van der Waals surface area contributed by atoms with Gasteiger partial charge in [-0.2, -0.15) is 10.1 Å². The quantitative estimate of drug-likeness (QED) is 0.361. The molecule has 4 aromatic rings. The summed E-state index contributed by atoms with van der Waals surface area (Å²) in [5.41, 5.74) is 2.00. The number of carbonyl (C=O) groups excluding carboxylic acids is 1. The molecule has 6 rings (SSSR count). The van der Waals surface area contributed by atoms with Crippen molar-refractivity contribution in [3.8, 4) is 6.01 Å². The molecule has 3 unspecified atom stereocenters. The van der Waals surface area contributed by atoms with Gasteiger partial charge in [0.15, 0.2) is 15.7 Å². The number of sulfone groups is 1. The molecule has 0 bridgehead atoms. The van der Waals surface area contributed by atoms with Crippen molar-refractivity contribution in [3.05, 3.63) is 48.0 Å². The number of aromatic nitrogens is 4. The summed E-state index contributed by atoms with van der Waals surface area (Å²) in [6.07, 6.45) is 3.82. The number of halogens is 1. The minimum Gasteiger partial charge on any atom is -0.462 e. The summed E-state index contributed by atoms with van der Waals surface area (Å²) in [5.74, 6) is -0.868. The van der Waals surface area contributed by atoms with Gasteiger partial charge in [-0.25, -0.2) is 17.8 Å². The molecule has 0 radical (unpaired) electrons. The van der Waals surface area contributed by atoms with Gasteiger partial charge in [-0.15, -0.1) is 0 Å². The van der Waals surface area contributed by atoms with Crippen molar-refractivity contribution >= 4 is 48.9 Å². The van der Waals surface area contributed by atoms with E-state index in [-0.39, 0.29) is 47.2 Å². The number of nitrogens with zero attached hydrogens (tertiary/aromatic N) is 5. The van der Waals surface area contributed by atoms with Crippen LogP contribution in [-0.4, -0.2) is 76.9 Å². The SMILES string of the molecule is CC1CN(c2ccc(C(=O)Nc3cc(F)c4nn(C)cc4c3)c3nc(OCC4CCS4(=O)=O)ncc23)CC(C)N1. The first-order valence-corrected chi connectivity index (χ1v) is 14.9. The minimum atomic E-state index is -3.13. The Kier molecular flexibility index (Phi) is 6.57. The Morgan fingerprint density at radius 2 is 1.98 bits per heavy atom. The maximum Gasteiger partial charge on any atom is 0.316 e. The van der Waals surface area contributed by atoms with Crippen molar-refractivity contribution < 1.29 is 22.3 Å². The molecule has 40 heavy (non-hydrogen) atoms. The molecule has 2 aromatic carbocycles. The Labute approximate surface area is 230 Å². The molecule has 0 spiro atoms. The van der Waals surface area contributed by atoms with Crippen LogP contribution in [0.4, 0.5) is 15.8 Å². The van der Waals surface area contributed by atoms with Gasteiger partial charge in [0.05, 0.1) is 22.1 Å². The van der Waals surface area contributed by atoms with Crippen molar-refractivity contribution in [1.82, 2.24) is 25.1 Å². The first-order chi connectivity index (χ1) is 19.1. The number of anilines is 2. The number of carbonyl (C=O) groups is 1. The summed E-state index contributed by atoms with van der Waals surface area (Å²) < 4.78 is 45.7. The highest BCUT2D eigenvalue weighted by atomic mass is 32.2. The fraction of sp³-hybridized carbons (Fsp3) is 0.407. The number of piperazine rings is 1. The van der Waals surface area contributed by atoms with Gasteiger partial charge in [0, 0.05) is 66.8 Å². The van der Waals surface area contributed by atoms with E-state index in [9.17, 15) is 17.6 Å². The molecule has 3 atom stereocenters. The van der Waals surface area contributed by atoms with E-state index < -0.39 is 26.8 Å². The third kappa shape index (κ3) is 4.94. The van der Waals surface area contributed by atoms with Crippen LogP contribution in [0.2, 0.25) is 0 Å². The van der Waals surface area contributed by atoms with Crippen LogP contribution in [-0.2, 0) is 16.9 Å². The van der Waals surface area contributed by atoms with E-state index in [4.69, 9.17) is 4.74 Å². The van der Waals surface area contributed by atoms with Gasteiger partial charge in [0.1, 0.15) is 12.1 Å². The van der Waals surface area contributed by atoms with E-state index in [1.807, 2.05) is 6.07 Å². The lowest BCUT2D eigenvalue weighted by Crippen LogP contribution is -2.54. The van der Waals surface area contributed by atoms with Crippen molar-refractivity contribution in [3.63, 3.8) is 0 Å². The number of aryl methyl sites for hydroxylation is 1. The molecule has 1 amide bonds. The van der Waals surface area contributed by atoms with Crippen LogP contribution in [0.25, 0.3) is 21.8 Å². The van der Waals surface area contributed by atoms with Crippen LogP contribution in [0.3, 0.4) is 0 Å². The second kappa shape index (κ2) is 9.97. The van der Waals surface area contributed by atoms with Crippen molar-refractivity contribution in [2.24, 2.45) is 7.05 Å². The number of ether oxygens (including phenoxy) is 1. The molecule has 2 fully saturated rings. The number of fused-ring (bicyclic) bond motifs is 2. The molecule has 2 aromatic heterocycles. The van der Waals surface area contributed by atoms with Crippen LogP contribution in [0.1, 0.15) is 30.6 Å². The summed E-state index contributed by atoms with van der Waals surface area (Å²) in [6.45, 7) is 5.69. The summed E-state index contributed by atoms with van der Waals surface area (Å²) in [5, 5.41) is 11.0. The van der Waals surface area contributed by atoms with Crippen molar-refractivity contribution in [2.75, 3.05) is 35.7 Å². The highest BCUT2D eigenvalue weighted by Gasteiger charge is 2.36. The average molecular weight is 568 g/mol. The Balaban J connectivity index is 1.36. The predicted molar refractivity (Wildman–Crippen MR) is 150 cm³/mol. The Morgan fingerprint density at radius 3 is 2.67 bits per heavy atom. The Hall–Kier alpha value is -3.84. The molecule has 2 aliphatic heterocycles. The molecular formula is C27H30FN7O4S. The minimum absolute atomic E-state index is 0.00864. The zero-order valence-corrected chi connectivity index (χ0v) is 23.2. The van der Waals surface area contributed by atoms with Gasteiger partial charge in [-0.05, 0) is 44.5 Å². The lowest BCUT2D eigenvalue weighted by molar-refractivity contribution is 0.102. The molecule has 13 heteroatoms. The molecule has 0 saturated carbocycles. The van der Waals surface area contributed by atoms with Gasteiger partial charge in [0.25, 0.3) is 5.91 Å². The standard InChI is InChI=1S/C27H30FN7O4S/c1-15-11-35(12-16(2)30-15)23-5-4-20(26(36)31-18-8-17-13-34(3)33-24(17)22(28)9-18)25-21(23)10-29-27(32-25)39-14-19-6-7-40(19,37)38/h4-5,8-10,13,15-16,19,30H,6-7,11-12,14H2,1-3H3,(H,31,36). The van der Waals surface area contributed by atoms with Crippen LogP contribution in [0.5, 0.6) is 6.01 Å². The van der Waals surface area contributed by atoms with Gasteiger partial charge < -0.3 is 20.3 Å². The molecule has 4 heterocycles. The molecule has 2 saturated heterocycles. The predicted octanol–water partition coefficient (Wildman–Crippen LogP) is 2.66. The average Bonchev–Trinajstić information content (AvgIpc) is 3.27. The fourth-order valence-corrected chi connectivity index (χ4v) is 6.68. The zero-order chi connectivity index (χ0) is 28.2. The first kappa shape index (κ1) is 26.4. The van der Waals surface area contributed by atoms with Crippen molar-refractivity contribution in [2.45, 2.75) is 37.6 Å².